The quantitative estimate of drug-likeness (QED) is 0.930. The van der Waals surface area contributed by atoms with Crippen LogP contribution in [0.3, 0.4) is 0 Å². The SMILES string of the molecule is O=C(NC1CC1)C(c1ccc2c(c1)OCCO2)C1CCCC1. The van der Waals surface area contributed by atoms with E-state index in [2.05, 4.69) is 5.32 Å². The first-order chi connectivity index (χ1) is 10.8. The fourth-order valence-electron chi connectivity index (χ4n) is 3.70. The van der Waals surface area contributed by atoms with Crippen molar-refractivity contribution in [2.24, 2.45) is 5.92 Å². The van der Waals surface area contributed by atoms with E-state index < -0.39 is 0 Å². The van der Waals surface area contributed by atoms with E-state index in [0.717, 1.165) is 42.7 Å². The van der Waals surface area contributed by atoms with Crippen LogP contribution in [0.4, 0.5) is 0 Å². The number of ether oxygens (including phenoxy) is 2. The molecule has 0 spiro atoms. The van der Waals surface area contributed by atoms with Crippen LogP contribution in [0.15, 0.2) is 18.2 Å². The number of fused-ring (bicyclic) bond motifs is 1. The fraction of sp³-hybridized carbons (Fsp3) is 0.611. The lowest BCUT2D eigenvalue weighted by Gasteiger charge is -2.25. The van der Waals surface area contributed by atoms with Crippen molar-refractivity contribution in [3.8, 4) is 11.5 Å². The van der Waals surface area contributed by atoms with Crippen LogP contribution < -0.4 is 14.8 Å². The van der Waals surface area contributed by atoms with Gasteiger partial charge in [-0.1, -0.05) is 18.9 Å². The summed E-state index contributed by atoms with van der Waals surface area (Å²) in [6.45, 7) is 1.18. The Morgan fingerprint density at radius 3 is 2.50 bits per heavy atom. The highest BCUT2D eigenvalue weighted by atomic mass is 16.6. The minimum absolute atomic E-state index is 0.0427. The molecule has 4 heteroatoms. The molecule has 0 aromatic heterocycles. The van der Waals surface area contributed by atoms with Crippen molar-refractivity contribution in [3.05, 3.63) is 23.8 Å². The van der Waals surface area contributed by atoms with Crippen LogP contribution in [-0.2, 0) is 4.79 Å². The Morgan fingerprint density at radius 1 is 1.05 bits per heavy atom. The first-order valence-electron chi connectivity index (χ1n) is 8.51. The number of benzene rings is 1. The highest BCUT2D eigenvalue weighted by Crippen LogP contribution is 2.41. The first-order valence-corrected chi connectivity index (χ1v) is 8.51. The Kier molecular flexibility index (Phi) is 3.68. The number of nitrogens with one attached hydrogen (secondary N) is 1. The summed E-state index contributed by atoms with van der Waals surface area (Å²) >= 11 is 0. The Labute approximate surface area is 131 Å². The highest BCUT2D eigenvalue weighted by Gasteiger charge is 2.35. The molecule has 22 heavy (non-hydrogen) atoms. The molecule has 1 aromatic carbocycles. The molecule has 4 nitrogen and oxygen atoms in total. The normalized spacial score (nSPS) is 22.4. The van der Waals surface area contributed by atoms with Crippen LogP contribution >= 0.6 is 0 Å². The Bertz CT molecular complexity index is 561. The summed E-state index contributed by atoms with van der Waals surface area (Å²) in [6, 6.07) is 6.43. The number of carbonyl (C=O) groups excluding carboxylic acids is 1. The topological polar surface area (TPSA) is 47.6 Å². The molecule has 2 saturated carbocycles. The summed E-state index contributed by atoms with van der Waals surface area (Å²) in [4.78, 5) is 12.8. The molecule has 0 saturated heterocycles. The molecule has 0 radical (unpaired) electrons. The Balaban J connectivity index is 1.62. The summed E-state index contributed by atoms with van der Waals surface area (Å²) in [5.41, 5.74) is 1.08. The van der Waals surface area contributed by atoms with E-state index in [0.29, 0.717) is 25.2 Å². The van der Waals surface area contributed by atoms with Crippen molar-refractivity contribution >= 4 is 5.91 Å². The van der Waals surface area contributed by atoms with Gasteiger partial charge in [0.25, 0.3) is 0 Å². The van der Waals surface area contributed by atoms with E-state index in [1.165, 1.54) is 12.8 Å². The average molecular weight is 301 g/mol. The maximum absolute atomic E-state index is 12.8. The first kappa shape index (κ1) is 13.9. The lowest BCUT2D eigenvalue weighted by molar-refractivity contribution is -0.123. The van der Waals surface area contributed by atoms with Crippen molar-refractivity contribution in [3.63, 3.8) is 0 Å². The van der Waals surface area contributed by atoms with Crippen molar-refractivity contribution in [1.29, 1.82) is 0 Å². The Hall–Kier alpha value is -1.71. The average Bonchev–Trinajstić information content (AvgIpc) is 3.19. The zero-order valence-electron chi connectivity index (χ0n) is 12.8. The van der Waals surface area contributed by atoms with Crippen LogP contribution in [0, 0.1) is 5.92 Å². The predicted molar refractivity (Wildman–Crippen MR) is 83.3 cm³/mol. The monoisotopic (exact) mass is 301 g/mol. The van der Waals surface area contributed by atoms with Crippen molar-refractivity contribution in [2.45, 2.75) is 50.5 Å². The minimum atomic E-state index is -0.0427. The molecule has 1 N–H and O–H groups in total. The summed E-state index contributed by atoms with van der Waals surface area (Å²) in [5.74, 6) is 2.19. The van der Waals surface area contributed by atoms with E-state index in [1.807, 2.05) is 18.2 Å². The molecule has 2 fully saturated rings. The van der Waals surface area contributed by atoms with Crippen LogP contribution in [-0.4, -0.2) is 25.2 Å². The van der Waals surface area contributed by atoms with Crippen LogP contribution in [0.1, 0.15) is 50.0 Å². The largest absolute Gasteiger partial charge is 0.486 e. The van der Waals surface area contributed by atoms with Gasteiger partial charge in [0, 0.05) is 6.04 Å². The van der Waals surface area contributed by atoms with Gasteiger partial charge in [-0.2, -0.15) is 0 Å². The van der Waals surface area contributed by atoms with E-state index >= 15 is 0 Å². The number of carbonyl (C=O) groups is 1. The standard InChI is InChI=1S/C18H23NO3/c20-18(19-14-6-7-14)17(12-3-1-2-4-12)13-5-8-15-16(11-13)22-10-9-21-15/h5,8,11-12,14,17H,1-4,6-7,9-10H2,(H,19,20). The third-order valence-electron chi connectivity index (χ3n) is 5.00. The molecule has 1 unspecified atom stereocenters. The van der Waals surface area contributed by atoms with Gasteiger partial charge in [-0.05, 0) is 49.3 Å². The second kappa shape index (κ2) is 5.82. The zero-order valence-corrected chi connectivity index (χ0v) is 12.8. The molecule has 4 rings (SSSR count). The van der Waals surface area contributed by atoms with E-state index in [-0.39, 0.29) is 11.8 Å². The molecule has 2 aliphatic carbocycles. The number of rotatable bonds is 4. The second-order valence-electron chi connectivity index (χ2n) is 6.71. The lowest BCUT2D eigenvalue weighted by Crippen LogP contribution is -2.34. The van der Waals surface area contributed by atoms with Gasteiger partial charge in [0.2, 0.25) is 5.91 Å². The van der Waals surface area contributed by atoms with Gasteiger partial charge < -0.3 is 14.8 Å². The second-order valence-corrected chi connectivity index (χ2v) is 6.71. The van der Waals surface area contributed by atoms with Crippen molar-refractivity contribution in [2.75, 3.05) is 13.2 Å². The maximum atomic E-state index is 12.8. The van der Waals surface area contributed by atoms with Gasteiger partial charge >= 0.3 is 0 Å². The van der Waals surface area contributed by atoms with Gasteiger partial charge in [-0.25, -0.2) is 0 Å². The molecule has 1 atom stereocenters. The van der Waals surface area contributed by atoms with Crippen molar-refractivity contribution < 1.29 is 14.3 Å². The molecule has 1 amide bonds. The lowest BCUT2D eigenvalue weighted by atomic mass is 9.84. The molecular weight excluding hydrogens is 278 g/mol. The van der Waals surface area contributed by atoms with Gasteiger partial charge in [0.05, 0.1) is 5.92 Å². The molecule has 3 aliphatic rings. The molecule has 1 aliphatic heterocycles. The number of hydrogen-bond donors (Lipinski definition) is 1. The van der Waals surface area contributed by atoms with Gasteiger partial charge in [0.1, 0.15) is 13.2 Å². The summed E-state index contributed by atoms with van der Waals surface area (Å²) in [6.07, 6.45) is 7.04. The highest BCUT2D eigenvalue weighted by molar-refractivity contribution is 5.84. The van der Waals surface area contributed by atoms with Crippen LogP contribution in [0.2, 0.25) is 0 Å². The van der Waals surface area contributed by atoms with Gasteiger partial charge in [-0.15, -0.1) is 0 Å². The third kappa shape index (κ3) is 2.79. The van der Waals surface area contributed by atoms with Gasteiger partial charge in [0.15, 0.2) is 11.5 Å². The molecule has 1 heterocycles. The molecule has 118 valence electrons. The number of amides is 1. The van der Waals surface area contributed by atoms with Crippen molar-refractivity contribution in [1.82, 2.24) is 5.32 Å². The molecular formula is C18H23NO3. The zero-order chi connectivity index (χ0) is 14.9. The smallest absolute Gasteiger partial charge is 0.228 e. The van der Waals surface area contributed by atoms with E-state index in [4.69, 9.17) is 9.47 Å². The molecule has 1 aromatic rings. The molecule has 0 bridgehead atoms. The van der Waals surface area contributed by atoms with E-state index in [1.54, 1.807) is 0 Å². The Morgan fingerprint density at radius 2 is 1.77 bits per heavy atom. The minimum Gasteiger partial charge on any atom is -0.486 e. The third-order valence-corrected chi connectivity index (χ3v) is 5.00. The number of hydrogen-bond acceptors (Lipinski definition) is 3. The van der Waals surface area contributed by atoms with Gasteiger partial charge in [-0.3, -0.25) is 4.79 Å². The fourth-order valence-corrected chi connectivity index (χ4v) is 3.70. The predicted octanol–water partition coefficient (Wildman–Crippen LogP) is 3.01. The maximum Gasteiger partial charge on any atom is 0.228 e. The summed E-state index contributed by atoms with van der Waals surface area (Å²) in [7, 11) is 0. The van der Waals surface area contributed by atoms with Crippen LogP contribution in [0.5, 0.6) is 11.5 Å². The van der Waals surface area contributed by atoms with E-state index in [9.17, 15) is 4.79 Å². The summed E-state index contributed by atoms with van der Waals surface area (Å²) in [5, 5.41) is 3.20. The summed E-state index contributed by atoms with van der Waals surface area (Å²) < 4.78 is 11.3. The van der Waals surface area contributed by atoms with Crippen LogP contribution in [0.25, 0.3) is 0 Å².